The summed E-state index contributed by atoms with van der Waals surface area (Å²) in [6.45, 7) is 5.02. The van der Waals surface area contributed by atoms with Gasteiger partial charge in [-0.15, -0.1) is 6.07 Å². The molecule has 1 rings (SSSR count). The summed E-state index contributed by atoms with van der Waals surface area (Å²) in [5.74, 6) is 0. The van der Waals surface area contributed by atoms with Crippen LogP contribution in [0.1, 0.15) is 11.1 Å². The van der Waals surface area contributed by atoms with E-state index >= 15 is 0 Å². The minimum atomic E-state index is -4.33. The first-order chi connectivity index (χ1) is 5.55. The zero-order chi connectivity index (χ0) is 9.19. The van der Waals surface area contributed by atoms with Gasteiger partial charge in [0.2, 0.25) is 0 Å². The van der Waals surface area contributed by atoms with Gasteiger partial charge in [0, 0.05) is 21.1 Å². The molecule has 0 N–H and O–H groups in total. The van der Waals surface area contributed by atoms with Crippen LogP contribution in [0.25, 0.3) is 6.08 Å². The van der Waals surface area contributed by atoms with Crippen molar-refractivity contribution < 1.29 is 34.2 Å². The van der Waals surface area contributed by atoms with Gasteiger partial charge >= 0.3 is 6.18 Å². The van der Waals surface area contributed by atoms with E-state index in [1.54, 1.807) is 0 Å². The largest absolute Gasteiger partial charge is 0.400 e. The predicted molar refractivity (Wildman–Crippen MR) is 40.2 cm³/mol. The van der Waals surface area contributed by atoms with E-state index in [9.17, 15) is 13.2 Å². The normalized spacial score (nSPS) is 10.4. The van der Waals surface area contributed by atoms with Crippen LogP contribution >= 0.6 is 0 Å². The fourth-order valence-corrected chi connectivity index (χ4v) is 0.900. The Labute approximate surface area is 88.7 Å². The molecule has 0 aliphatic carbocycles. The molecule has 0 bridgehead atoms. The quantitative estimate of drug-likeness (QED) is 0.670. The number of benzene rings is 1. The zero-order valence-electron chi connectivity index (χ0n) is 6.41. The zero-order valence-corrected chi connectivity index (χ0v) is 8.69. The van der Waals surface area contributed by atoms with Gasteiger partial charge in [0.25, 0.3) is 0 Å². The Morgan fingerprint density at radius 2 is 1.69 bits per heavy atom. The van der Waals surface area contributed by atoms with Crippen molar-refractivity contribution in [2.45, 2.75) is 6.18 Å². The second-order valence-electron chi connectivity index (χ2n) is 2.25. The second-order valence-corrected chi connectivity index (χ2v) is 2.25. The van der Waals surface area contributed by atoms with E-state index in [1.165, 1.54) is 18.2 Å². The minimum absolute atomic E-state index is 0. The van der Waals surface area contributed by atoms with Gasteiger partial charge in [0.05, 0.1) is 0 Å². The van der Waals surface area contributed by atoms with Crippen LogP contribution in [0.4, 0.5) is 13.2 Å². The van der Waals surface area contributed by atoms with E-state index in [4.69, 9.17) is 6.58 Å². The van der Waals surface area contributed by atoms with Gasteiger partial charge in [0.15, 0.2) is 0 Å². The van der Waals surface area contributed by atoms with Gasteiger partial charge in [-0.2, -0.15) is 18.7 Å². The summed E-state index contributed by atoms with van der Waals surface area (Å²) in [5.41, 5.74) is -0.697. The molecule has 1 aromatic carbocycles. The van der Waals surface area contributed by atoms with Gasteiger partial charge in [-0.3, -0.25) is 6.58 Å². The van der Waals surface area contributed by atoms with Crippen LogP contribution in [-0.4, -0.2) is 0 Å². The summed E-state index contributed by atoms with van der Waals surface area (Å²) in [6, 6.07) is 5.16. The monoisotopic (exact) mass is 366 g/mol. The maximum Gasteiger partial charge on any atom is 0.400 e. The maximum atomic E-state index is 12.2. The molecule has 0 saturated heterocycles. The summed E-state index contributed by atoms with van der Waals surface area (Å²) in [7, 11) is 0. The van der Waals surface area contributed by atoms with Crippen molar-refractivity contribution in [3.8, 4) is 0 Å². The molecule has 0 spiro atoms. The topological polar surface area (TPSA) is 0 Å². The smallest absolute Gasteiger partial charge is 0.292 e. The fraction of sp³-hybridized carbons (Fsp3) is 0.111. The van der Waals surface area contributed by atoms with E-state index < -0.39 is 11.7 Å². The predicted octanol–water partition coefficient (Wildman–Crippen LogP) is 3.15. The van der Waals surface area contributed by atoms with Crippen LogP contribution < -0.4 is 0 Å². The third kappa shape index (κ3) is 3.00. The Morgan fingerprint density at radius 1 is 1.15 bits per heavy atom. The van der Waals surface area contributed by atoms with E-state index in [1.807, 2.05) is 0 Å². The summed E-state index contributed by atoms with van der Waals surface area (Å²) in [6.07, 6.45) is -3.38. The van der Waals surface area contributed by atoms with Crippen molar-refractivity contribution in [3.63, 3.8) is 0 Å². The Kier molecular flexibility index (Phi) is 4.41. The number of hydrogen-bond donors (Lipinski definition) is 0. The molecule has 74 valence electrons. The van der Waals surface area contributed by atoms with Gasteiger partial charge in [-0.05, 0) is 5.56 Å². The third-order valence-corrected chi connectivity index (χ3v) is 1.45. The molecule has 0 radical (unpaired) electrons. The van der Waals surface area contributed by atoms with E-state index in [2.05, 4.69) is 0 Å². The van der Waals surface area contributed by atoms with Crippen molar-refractivity contribution in [1.82, 2.24) is 0 Å². The standard InChI is InChI=1S/C9H6F3.Pt/c1-2-7-5-3-4-6-8(7)9(10,11)12;/h1-6H;/q-1;. The Hall–Kier alpha value is -0.562. The van der Waals surface area contributed by atoms with Crippen molar-refractivity contribution >= 4 is 6.08 Å². The molecule has 0 saturated carbocycles. The van der Waals surface area contributed by atoms with Crippen molar-refractivity contribution in [2.75, 3.05) is 0 Å². The molecular weight excluding hydrogens is 360 g/mol. The van der Waals surface area contributed by atoms with E-state index in [-0.39, 0.29) is 26.6 Å². The van der Waals surface area contributed by atoms with E-state index in [0.29, 0.717) is 0 Å². The average molecular weight is 366 g/mol. The van der Waals surface area contributed by atoms with Crippen LogP contribution in [0.2, 0.25) is 0 Å². The third-order valence-electron chi connectivity index (χ3n) is 1.45. The molecule has 1 aromatic rings. The first kappa shape index (κ1) is 12.4. The molecule has 0 nitrogen and oxygen atoms in total. The molecule has 0 unspecified atom stereocenters. The molecule has 0 aromatic heterocycles. The molecule has 0 fully saturated rings. The summed E-state index contributed by atoms with van der Waals surface area (Å²) in [5, 5.41) is 0. The summed E-state index contributed by atoms with van der Waals surface area (Å²) >= 11 is 0. The molecule has 0 aliphatic heterocycles. The second kappa shape index (κ2) is 4.61. The number of rotatable bonds is 1. The van der Waals surface area contributed by atoms with Crippen molar-refractivity contribution in [3.05, 3.63) is 42.0 Å². The average Bonchev–Trinajstić information content (AvgIpc) is 2.03. The number of halogens is 3. The van der Waals surface area contributed by atoms with E-state index in [0.717, 1.165) is 12.1 Å². The Balaban J connectivity index is 0.00000144. The molecule has 0 aliphatic rings. The summed E-state index contributed by atoms with van der Waals surface area (Å²) in [4.78, 5) is 0. The molecule has 0 heterocycles. The first-order valence-electron chi connectivity index (χ1n) is 3.27. The number of hydrogen-bond acceptors (Lipinski definition) is 0. The van der Waals surface area contributed by atoms with Crippen LogP contribution in [0.5, 0.6) is 0 Å². The molecule has 0 atom stereocenters. The first-order valence-corrected chi connectivity index (χ1v) is 3.27. The van der Waals surface area contributed by atoms with Crippen molar-refractivity contribution in [1.29, 1.82) is 0 Å². The van der Waals surface area contributed by atoms with Crippen LogP contribution in [0.3, 0.4) is 0 Å². The van der Waals surface area contributed by atoms with Gasteiger partial charge in [0.1, 0.15) is 0 Å². The SMILES string of the molecule is [CH-]=Cc1ccccc1C(F)(F)F.[Pt]. The molecular formula is C9H6F3Pt-. The molecule has 4 heteroatoms. The number of alkyl halides is 3. The fourth-order valence-electron chi connectivity index (χ4n) is 0.900. The molecule has 0 amide bonds. The van der Waals surface area contributed by atoms with Crippen LogP contribution in [0, 0.1) is 6.58 Å². The molecule has 13 heavy (non-hydrogen) atoms. The minimum Gasteiger partial charge on any atom is -0.292 e. The Bertz CT molecular complexity index is 291. The Morgan fingerprint density at radius 3 is 2.08 bits per heavy atom. The summed E-state index contributed by atoms with van der Waals surface area (Å²) < 4.78 is 36.5. The van der Waals surface area contributed by atoms with Gasteiger partial charge < -0.3 is 0 Å². The van der Waals surface area contributed by atoms with Crippen LogP contribution in [-0.2, 0) is 27.2 Å². The maximum absolute atomic E-state index is 12.2. The van der Waals surface area contributed by atoms with Crippen molar-refractivity contribution in [2.24, 2.45) is 0 Å². The van der Waals surface area contributed by atoms with Gasteiger partial charge in [-0.1, -0.05) is 18.2 Å². The van der Waals surface area contributed by atoms with Gasteiger partial charge in [-0.25, -0.2) is 6.08 Å². The van der Waals surface area contributed by atoms with Crippen LogP contribution in [0.15, 0.2) is 24.3 Å².